The summed E-state index contributed by atoms with van der Waals surface area (Å²) in [5.41, 5.74) is 1.64. The predicted octanol–water partition coefficient (Wildman–Crippen LogP) is 3.12. The first-order valence-corrected chi connectivity index (χ1v) is 7.23. The van der Waals surface area contributed by atoms with E-state index in [4.69, 9.17) is 5.11 Å². The van der Waals surface area contributed by atoms with Gasteiger partial charge in [0.1, 0.15) is 0 Å². The lowest BCUT2D eigenvalue weighted by Crippen LogP contribution is -2.25. The van der Waals surface area contributed by atoms with E-state index in [1.165, 1.54) is 11.3 Å². The molecule has 0 aliphatic carbocycles. The summed E-state index contributed by atoms with van der Waals surface area (Å²) < 4.78 is 0. The van der Waals surface area contributed by atoms with Crippen LogP contribution in [0.4, 0.5) is 0 Å². The van der Waals surface area contributed by atoms with Gasteiger partial charge in [-0.3, -0.25) is 4.79 Å². The molecular formula is C16H15NO3S. The molecule has 1 aromatic heterocycles. The number of hydrogen-bond donors (Lipinski definition) is 1. The van der Waals surface area contributed by atoms with Gasteiger partial charge in [-0.25, -0.2) is 4.79 Å². The molecule has 4 nitrogen and oxygen atoms in total. The van der Waals surface area contributed by atoms with E-state index in [2.05, 4.69) is 0 Å². The second-order valence-electron chi connectivity index (χ2n) is 4.56. The Morgan fingerprint density at radius 2 is 2.00 bits per heavy atom. The first kappa shape index (κ1) is 15.0. The highest BCUT2D eigenvalue weighted by Crippen LogP contribution is 2.18. The van der Waals surface area contributed by atoms with Crippen molar-refractivity contribution in [2.45, 2.75) is 6.54 Å². The van der Waals surface area contributed by atoms with Gasteiger partial charge in [0.2, 0.25) is 0 Å². The molecule has 0 unspecified atom stereocenters. The van der Waals surface area contributed by atoms with Crippen LogP contribution in [0.1, 0.15) is 20.8 Å². The number of rotatable bonds is 5. The van der Waals surface area contributed by atoms with Crippen molar-refractivity contribution in [3.05, 3.63) is 63.9 Å². The minimum absolute atomic E-state index is 0.0376. The van der Waals surface area contributed by atoms with Crippen LogP contribution in [0, 0.1) is 0 Å². The third kappa shape index (κ3) is 4.29. The zero-order valence-electron chi connectivity index (χ0n) is 11.5. The molecule has 0 radical (unpaired) electrons. The first-order chi connectivity index (χ1) is 10.1. The summed E-state index contributed by atoms with van der Waals surface area (Å²) in [6, 6.07) is 11.0. The van der Waals surface area contributed by atoms with Crippen molar-refractivity contribution in [3.63, 3.8) is 0 Å². The summed E-state index contributed by atoms with van der Waals surface area (Å²) in [6.07, 6.45) is 2.66. The van der Waals surface area contributed by atoms with Gasteiger partial charge in [-0.05, 0) is 35.2 Å². The highest BCUT2D eigenvalue weighted by molar-refractivity contribution is 7.11. The molecule has 1 heterocycles. The molecule has 0 saturated heterocycles. The van der Waals surface area contributed by atoms with Gasteiger partial charge in [0, 0.05) is 30.1 Å². The van der Waals surface area contributed by atoms with E-state index < -0.39 is 5.97 Å². The molecule has 5 heteroatoms. The number of hydrogen-bond acceptors (Lipinski definition) is 3. The number of nitrogens with zero attached hydrogens (tertiary/aromatic N) is 1. The highest BCUT2D eigenvalue weighted by atomic mass is 32.1. The van der Waals surface area contributed by atoms with E-state index in [0.717, 1.165) is 16.5 Å². The molecule has 2 aromatic rings. The third-order valence-electron chi connectivity index (χ3n) is 2.85. The van der Waals surface area contributed by atoms with E-state index in [-0.39, 0.29) is 5.91 Å². The van der Waals surface area contributed by atoms with Gasteiger partial charge in [-0.1, -0.05) is 18.2 Å². The van der Waals surface area contributed by atoms with Gasteiger partial charge in [-0.2, -0.15) is 0 Å². The minimum atomic E-state index is -0.971. The molecule has 0 spiro atoms. The summed E-state index contributed by atoms with van der Waals surface area (Å²) in [5, 5.41) is 10.5. The lowest BCUT2D eigenvalue weighted by atomic mass is 10.2. The molecule has 0 aliphatic heterocycles. The normalized spacial score (nSPS) is 10.7. The number of aliphatic carboxylic acids is 1. The average Bonchev–Trinajstić information content (AvgIpc) is 2.92. The summed E-state index contributed by atoms with van der Waals surface area (Å²) in [6.45, 7) is 0.491. The van der Waals surface area contributed by atoms with E-state index in [9.17, 15) is 9.59 Å². The van der Waals surface area contributed by atoms with Crippen LogP contribution in [0.3, 0.4) is 0 Å². The van der Waals surface area contributed by atoms with Crippen molar-refractivity contribution in [2.24, 2.45) is 0 Å². The standard InChI is InChI=1S/C16H15NO3S/c1-17(16(20)13-5-3-2-4-6-13)10-12-9-14(21-11-12)7-8-15(18)19/h2-9,11H,10H2,1H3,(H,18,19). The van der Waals surface area contributed by atoms with Crippen LogP contribution in [0.5, 0.6) is 0 Å². The van der Waals surface area contributed by atoms with Gasteiger partial charge in [0.15, 0.2) is 0 Å². The van der Waals surface area contributed by atoms with Crippen molar-refractivity contribution < 1.29 is 14.7 Å². The van der Waals surface area contributed by atoms with Crippen molar-refractivity contribution in [1.82, 2.24) is 4.90 Å². The molecule has 21 heavy (non-hydrogen) atoms. The maximum atomic E-state index is 12.2. The van der Waals surface area contributed by atoms with Crippen LogP contribution in [-0.2, 0) is 11.3 Å². The topological polar surface area (TPSA) is 57.6 Å². The maximum Gasteiger partial charge on any atom is 0.328 e. The molecule has 1 aromatic carbocycles. The number of benzene rings is 1. The van der Waals surface area contributed by atoms with Crippen molar-refractivity contribution in [1.29, 1.82) is 0 Å². The maximum absolute atomic E-state index is 12.2. The molecule has 2 rings (SSSR count). The largest absolute Gasteiger partial charge is 0.478 e. The molecule has 108 valence electrons. The van der Waals surface area contributed by atoms with Crippen LogP contribution in [-0.4, -0.2) is 28.9 Å². The quantitative estimate of drug-likeness (QED) is 0.863. The van der Waals surface area contributed by atoms with Crippen molar-refractivity contribution in [3.8, 4) is 0 Å². The molecule has 1 amide bonds. The van der Waals surface area contributed by atoms with Crippen LogP contribution < -0.4 is 0 Å². The Balaban J connectivity index is 2.01. The van der Waals surface area contributed by atoms with Gasteiger partial charge in [0.05, 0.1) is 0 Å². The first-order valence-electron chi connectivity index (χ1n) is 6.35. The van der Waals surface area contributed by atoms with E-state index in [1.54, 1.807) is 30.2 Å². The molecule has 0 aliphatic rings. The van der Waals surface area contributed by atoms with Gasteiger partial charge >= 0.3 is 5.97 Å². The van der Waals surface area contributed by atoms with Crippen molar-refractivity contribution >= 4 is 29.3 Å². The zero-order chi connectivity index (χ0) is 15.2. The number of carboxylic acid groups (broad SMARTS) is 1. The van der Waals surface area contributed by atoms with E-state index in [1.807, 2.05) is 29.6 Å². The Bertz CT molecular complexity index is 661. The van der Waals surface area contributed by atoms with Crippen molar-refractivity contribution in [2.75, 3.05) is 7.05 Å². The predicted molar refractivity (Wildman–Crippen MR) is 83.2 cm³/mol. The lowest BCUT2D eigenvalue weighted by Gasteiger charge is -2.16. The smallest absolute Gasteiger partial charge is 0.328 e. The monoisotopic (exact) mass is 301 g/mol. The number of carboxylic acids is 1. The van der Waals surface area contributed by atoms with Gasteiger partial charge in [0.25, 0.3) is 5.91 Å². The number of amides is 1. The Hall–Kier alpha value is -2.40. The van der Waals surface area contributed by atoms with Crippen LogP contribution in [0.25, 0.3) is 6.08 Å². The fraction of sp³-hybridized carbons (Fsp3) is 0.125. The second-order valence-corrected chi connectivity index (χ2v) is 5.50. The fourth-order valence-corrected chi connectivity index (χ4v) is 2.66. The molecular weight excluding hydrogens is 286 g/mol. The van der Waals surface area contributed by atoms with Crippen LogP contribution in [0.15, 0.2) is 47.9 Å². The minimum Gasteiger partial charge on any atom is -0.478 e. The van der Waals surface area contributed by atoms with Crippen LogP contribution >= 0.6 is 11.3 Å². The number of thiophene rings is 1. The Morgan fingerprint density at radius 3 is 2.67 bits per heavy atom. The Labute approximate surface area is 127 Å². The van der Waals surface area contributed by atoms with E-state index in [0.29, 0.717) is 12.1 Å². The summed E-state index contributed by atoms with van der Waals surface area (Å²) >= 11 is 1.45. The average molecular weight is 301 g/mol. The molecule has 1 N–H and O–H groups in total. The summed E-state index contributed by atoms with van der Waals surface area (Å²) in [5.74, 6) is -1.01. The SMILES string of the molecule is CN(Cc1csc(C=CC(=O)O)c1)C(=O)c1ccccc1. The van der Waals surface area contributed by atoms with Gasteiger partial charge in [-0.15, -0.1) is 11.3 Å². The number of carbonyl (C=O) groups excluding carboxylic acids is 1. The third-order valence-corrected chi connectivity index (χ3v) is 3.80. The Morgan fingerprint density at radius 1 is 1.29 bits per heavy atom. The fourth-order valence-electron chi connectivity index (χ4n) is 1.87. The lowest BCUT2D eigenvalue weighted by molar-refractivity contribution is -0.131. The second kappa shape index (κ2) is 6.85. The molecule has 0 atom stereocenters. The zero-order valence-corrected chi connectivity index (χ0v) is 12.3. The highest BCUT2D eigenvalue weighted by Gasteiger charge is 2.12. The van der Waals surface area contributed by atoms with Crippen LogP contribution in [0.2, 0.25) is 0 Å². The molecule has 0 saturated carbocycles. The summed E-state index contributed by atoms with van der Waals surface area (Å²) in [7, 11) is 1.75. The van der Waals surface area contributed by atoms with Gasteiger partial charge < -0.3 is 10.0 Å². The number of carbonyl (C=O) groups is 2. The summed E-state index contributed by atoms with van der Waals surface area (Å²) in [4.78, 5) is 25.2. The molecule has 0 fully saturated rings. The molecule has 0 bridgehead atoms. The Kier molecular flexibility index (Phi) is 4.90. The van der Waals surface area contributed by atoms with E-state index >= 15 is 0 Å².